The van der Waals surface area contributed by atoms with Crippen molar-refractivity contribution < 1.29 is 4.79 Å². The Labute approximate surface area is 73.3 Å². The molecule has 2 N–H and O–H groups in total. The molecule has 0 saturated carbocycles. The second kappa shape index (κ2) is 3.03. The summed E-state index contributed by atoms with van der Waals surface area (Å²) in [4.78, 5) is 11.3. The molecular weight excluding hydrogens is 154 g/mol. The molecule has 0 radical (unpaired) electrons. The predicted octanol–water partition coefficient (Wildman–Crippen LogP) is -0.197. The molecule has 0 bridgehead atoms. The fraction of sp³-hybridized carbons (Fsp3) is 0.875. The number of carbonyl (C=O) groups is 1. The van der Waals surface area contributed by atoms with Gasteiger partial charge >= 0.3 is 0 Å². The van der Waals surface area contributed by atoms with E-state index in [1.165, 1.54) is 0 Å². The number of amides is 1. The van der Waals surface area contributed by atoms with Crippen molar-refractivity contribution in [1.29, 1.82) is 0 Å². The maximum absolute atomic E-state index is 11.3. The zero-order chi connectivity index (χ0) is 9.35. The maximum atomic E-state index is 11.3. The molecule has 0 unspecified atom stereocenters. The van der Waals surface area contributed by atoms with Crippen LogP contribution < -0.4 is 5.73 Å². The molecule has 0 aliphatic carbocycles. The predicted molar refractivity (Wildman–Crippen MR) is 47.2 cm³/mol. The SMILES string of the molecule is CN1CCC(=O)N1CC(C)(C)N. The summed E-state index contributed by atoms with van der Waals surface area (Å²) in [5.41, 5.74) is 5.51. The number of hydrazine groups is 1. The van der Waals surface area contributed by atoms with Crippen LogP contribution in [-0.4, -0.2) is 41.6 Å². The van der Waals surface area contributed by atoms with Gasteiger partial charge in [0, 0.05) is 25.6 Å². The third-order valence-corrected chi connectivity index (χ3v) is 1.91. The summed E-state index contributed by atoms with van der Waals surface area (Å²) < 4.78 is 0. The number of carbonyl (C=O) groups excluding carboxylic acids is 1. The van der Waals surface area contributed by atoms with Gasteiger partial charge in [-0.15, -0.1) is 0 Å². The lowest BCUT2D eigenvalue weighted by Crippen LogP contribution is -2.49. The molecule has 12 heavy (non-hydrogen) atoms. The van der Waals surface area contributed by atoms with E-state index in [0.29, 0.717) is 13.0 Å². The molecule has 1 fully saturated rings. The normalized spacial score (nSPS) is 20.7. The molecule has 0 aromatic carbocycles. The number of rotatable bonds is 2. The van der Waals surface area contributed by atoms with Crippen LogP contribution >= 0.6 is 0 Å². The Morgan fingerprint density at radius 2 is 2.17 bits per heavy atom. The van der Waals surface area contributed by atoms with Crippen LogP contribution in [0.15, 0.2) is 0 Å². The molecule has 1 rings (SSSR count). The highest BCUT2D eigenvalue weighted by Gasteiger charge is 2.29. The second-order valence-corrected chi connectivity index (χ2v) is 4.07. The number of nitrogens with two attached hydrogens (primary N) is 1. The van der Waals surface area contributed by atoms with Crippen LogP contribution in [0.2, 0.25) is 0 Å². The lowest BCUT2D eigenvalue weighted by Gasteiger charge is -2.30. The van der Waals surface area contributed by atoms with Gasteiger partial charge in [0.25, 0.3) is 0 Å². The molecule has 0 aromatic rings. The maximum Gasteiger partial charge on any atom is 0.238 e. The van der Waals surface area contributed by atoms with Crippen LogP contribution in [0.1, 0.15) is 20.3 Å². The Morgan fingerprint density at radius 3 is 2.50 bits per heavy atom. The molecule has 4 nitrogen and oxygen atoms in total. The van der Waals surface area contributed by atoms with Crippen molar-refractivity contribution in [2.45, 2.75) is 25.8 Å². The van der Waals surface area contributed by atoms with Gasteiger partial charge in [-0.25, -0.2) is 5.01 Å². The summed E-state index contributed by atoms with van der Waals surface area (Å²) in [5, 5.41) is 3.65. The van der Waals surface area contributed by atoms with Crippen molar-refractivity contribution >= 4 is 5.91 Å². The zero-order valence-electron chi connectivity index (χ0n) is 8.00. The van der Waals surface area contributed by atoms with Crippen LogP contribution in [0, 0.1) is 0 Å². The second-order valence-electron chi connectivity index (χ2n) is 4.07. The summed E-state index contributed by atoms with van der Waals surface area (Å²) >= 11 is 0. The fourth-order valence-corrected chi connectivity index (χ4v) is 1.29. The van der Waals surface area contributed by atoms with Crippen molar-refractivity contribution in [3.8, 4) is 0 Å². The molecule has 1 saturated heterocycles. The largest absolute Gasteiger partial charge is 0.324 e. The van der Waals surface area contributed by atoms with E-state index in [1.54, 1.807) is 5.01 Å². The van der Waals surface area contributed by atoms with Gasteiger partial charge in [0.1, 0.15) is 0 Å². The molecule has 1 aliphatic rings. The lowest BCUT2D eigenvalue weighted by molar-refractivity contribution is -0.137. The number of hydrogen-bond donors (Lipinski definition) is 1. The lowest BCUT2D eigenvalue weighted by atomic mass is 10.1. The first kappa shape index (κ1) is 9.48. The van der Waals surface area contributed by atoms with E-state index in [1.807, 2.05) is 25.9 Å². The van der Waals surface area contributed by atoms with Crippen molar-refractivity contribution in [3.63, 3.8) is 0 Å². The fourth-order valence-electron chi connectivity index (χ4n) is 1.29. The van der Waals surface area contributed by atoms with Crippen LogP contribution in [0.25, 0.3) is 0 Å². The van der Waals surface area contributed by atoms with Gasteiger partial charge in [-0.3, -0.25) is 9.80 Å². The van der Waals surface area contributed by atoms with E-state index < -0.39 is 0 Å². The summed E-state index contributed by atoms with van der Waals surface area (Å²) in [5.74, 6) is 0.177. The third-order valence-electron chi connectivity index (χ3n) is 1.91. The molecule has 1 aliphatic heterocycles. The van der Waals surface area contributed by atoms with Gasteiger partial charge in [-0.2, -0.15) is 0 Å². The first-order valence-corrected chi connectivity index (χ1v) is 4.20. The van der Waals surface area contributed by atoms with Crippen LogP contribution in [0.5, 0.6) is 0 Å². The standard InChI is InChI=1S/C8H17N3O/c1-8(2,9)6-11-7(12)4-5-10(11)3/h4-6,9H2,1-3H3. The van der Waals surface area contributed by atoms with Gasteiger partial charge in [0.2, 0.25) is 5.91 Å². The van der Waals surface area contributed by atoms with Crippen molar-refractivity contribution in [2.75, 3.05) is 20.1 Å². The van der Waals surface area contributed by atoms with Crippen molar-refractivity contribution in [2.24, 2.45) is 5.73 Å². The van der Waals surface area contributed by atoms with E-state index in [9.17, 15) is 4.79 Å². The molecular formula is C8H17N3O. The Morgan fingerprint density at radius 1 is 1.58 bits per heavy atom. The van der Waals surface area contributed by atoms with Gasteiger partial charge in [-0.05, 0) is 13.8 Å². The molecule has 0 atom stereocenters. The third kappa shape index (κ3) is 2.19. The molecule has 0 spiro atoms. The van der Waals surface area contributed by atoms with Crippen LogP contribution in [0.3, 0.4) is 0 Å². The minimum absolute atomic E-state index is 0.177. The van der Waals surface area contributed by atoms with Crippen molar-refractivity contribution in [3.05, 3.63) is 0 Å². The smallest absolute Gasteiger partial charge is 0.238 e. The first-order chi connectivity index (χ1) is 5.40. The monoisotopic (exact) mass is 171 g/mol. The van der Waals surface area contributed by atoms with E-state index >= 15 is 0 Å². The summed E-state index contributed by atoms with van der Waals surface area (Å²) in [7, 11) is 1.91. The van der Waals surface area contributed by atoms with E-state index in [2.05, 4.69) is 0 Å². The highest BCUT2D eigenvalue weighted by atomic mass is 16.2. The average Bonchev–Trinajstić information content (AvgIpc) is 2.16. The van der Waals surface area contributed by atoms with Gasteiger partial charge in [-0.1, -0.05) is 0 Å². The Balaban J connectivity index is 2.56. The number of hydrogen-bond acceptors (Lipinski definition) is 3. The molecule has 1 amide bonds. The molecule has 0 aromatic heterocycles. The number of nitrogens with zero attached hydrogens (tertiary/aromatic N) is 2. The summed E-state index contributed by atoms with van der Waals surface area (Å²) in [6.45, 7) is 5.26. The average molecular weight is 171 g/mol. The molecule has 70 valence electrons. The van der Waals surface area contributed by atoms with Crippen LogP contribution in [-0.2, 0) is 4.79 Å². The van der Waals surface area contributed by atoms with E-state index in [4.69, 9.17) is 5.73 Å². The molecule has 1 heterocycles. The van der Waals surface area contributed by atoms with E-state index in [0.717, 1.165) is 6.54 Å². The zero-order valence-corrected chi connectivity index (χ0v) is 8.00. The highest BCUT2D eigenvalue weighted by Crippen LogP contribution is 2.12. The Hall–Kier alpha value is -0.610. The van der Waals surface area contributed by atoms with Gasteiger partial charge in [0.15, 0.2) is 0 Å². The Bertz CT molecular complexity index is 185. The van der Waals surface area contributed by atoms with Gasteiger partial charge in [0.05, 0.1) is 6.54 Å². The topological polar surface area (TPSA) is 49.6 Å². The summed E-state index contributed by atoms with van der Waals surface area (Å²) in [6.07, 6.45) is 0.618. The van der Waals surface area contributed by atoms with Gasteiger partial charge < -0.3 is 5.73 Å². The summed E-state index contributed by atoms with van der Waals surface area (Å²) in [6, 6.07) is 0. The van der Waals surface area contributed by atoms with E-state index in [-0.39, 0.29) is 11.4 Å². The Kier molecular flexibility index (Phi) is 2.39. The molecule has 4 heteroatoms. The minimum atomic E-state index is -0.311. The quantitative estimate of drug-likeness (QED) is 0.626. The van der Waals surface area contributed by atoms with Crippen LogP contribution in [0.4, 0.5) is 0 Å². The highest BCUT2D eigenvalue weighted by molar-refractivity contribution is 5.77. The minimum Gasteiger partial charge on any atom is -0.324 e. The van der Waals surface area contributed by atoms with Crippen molar-refractivity contribution in [1.82, 2.24) is 10.0 Å². The first-order valence-electron chi connectivity index (χ1n) is 4.20.